The number of aromatic amines is 2. The van der Waals surface area contributed by atoms with Gasteiger partial charge >= 0.3 is 0 Å². The molecule has 2 aliphatic rings. The molecule has 0 radical (unpaired) electrons. The topological polar surface area (TPSA) is 85.0 Å². The average molecular weight is 448 g/mol. The second kappa shape index (κ2) is 11.8. The van der Waals surface area contributed by atoms with Gasteiger partial charge in [0.1, 0.15) is 5.82 Å². The highest BCUT2D eigenvalue weighted by Gasteiger charge is 2.30. The Bertz CT molecular complexity index is 1010. The van der Waals surface area contributed by atoms with E-state index in [-0.39, 0.29) is 0 Å². The third kappa shape index (κ3) is 5.90. The fourth-order valence-corrected chi connectivity index (χ4v) is 4.78. The quantitative estimate of drug-likeness (QED) is 0.387. The van der Waals surface area contributed by atoms with Crippen molar-refractivity contribution in [3.63, 3.8) is 0 Å². The van der Waals surface area contributed by atoms with Gasteiger partial charge in [-0.1, -0.05) is 32.1 Å². The number of anilines is 1. The second-order valence-electron chi connectivity index (χ2n) is 8.44. The molecule has 33 heavy (non-hydrogen) atoms. The molecule has 7 nitrogen and oxygen atoms in total. The molecular weight excluding hydrogens is 410 g/mol. The van der Waals surface area contributed by atoms with Gasteiger partial charge in [-0.3, -0.25) is 9.89 Å². The summed E-state index contributed by atoms with van der Waals surface area (Å²) in [4.78, 5) is 23.3. The Kier molecular flexibility index (Phi) is 8.30. The Morgan fingerprint density at radius 3 is 2.94 bits per heavy atom. The van der Waals surface area contributed by atoms with Crippen molar-refractivity contribution >= 4 is 22.7 Å². The van der Waals surface area contributed by atoms with E-state index in [0.717, 1.165) is 68.2 Å². The van der Waals surface area contributed by atoms with E-state index in [0.29, 0.717) is 6.04 Å². The number of hydrogen-bond donors (Lipinski definition) is 3. The maximum Gasteiger partial charge on any atom is 0.200 e. The molecule has 1 aromatic carbocycles. The molecule has 1 unspecified atom stereocenters. The van der Waals surface area contributed by atoms with E-state index in [1.165, 1.54) is 30.5 Å². The van der Waals surface area contributed by atoms with Crippen LogP contribution in [-0.4, -0.2) is 56.2 Å². The number of para-hydroxylation sites is 2. The number of benzene rings is 1. The van der Waals surface area contributed by atoms with Crippen molar-refractivity contribution in [1.82, 2.24) is 24.8 Å². The zero-order valence-electron chi connectivity index (χ0n) is 20.0. The van der Waals surface area contributed by atoms with Gasteiger partial charge in [0, 0.05) is 25.5 Å². The van der Waals surface area contributed by atoms with Crippen LogP contribution >= 0.6 is 0 Å². The lowest BCUT2D eigenvalue weighted by atomic mass is 9.85. The molecule has 2 aromatic heterocycles. The summed E-state index contributed by atoms with van der Waals surface area (Å²) in [5.74, 6) is 1.89. The van der Waals surface area contributed by atoms with E-state index >= 15 is 0 Å². The maximum atomic E-state index is 4.97. The zero-order chi connectivity index (χ0) is 22.9. The van der Waals surface area contributed by atoms with Crippen LogP contribution in [0.15, 0.2) is 53.3 Å². The monoisotopic (exact) mass is 447 g/mol. The van der Waals surface area contributed by atoms with E-state index < -0.39 is 0 Å². The van der Waals surface area contributed by atoms with Crippen molar-refractivity contribution in [1.29, 1.82) is 0 Å². The zero-order valence-corrected chi connectivity index (χ0v) is 20.0. The standard InChI is InChI=1S/C24H31N7.C2H6/c1-2-10-20-19(9-1)29-22(30-20)17-31(16-4-3-12-26-24-27-14-15-28-24)21-11-5-7-18-8-6-13-25-23(18)21;1-2/h1-2,8-10,14-15,21H,3-7,11-13,16-17H2,(H,29,30)(H2,26,27,28);1-2H3. The number of aromatic nitrogens is 4. The predicted molar refractivity (Wildman–Crippen MR) is 137 cm³/mol. The van der Waals surface area contributed by atoms with Crippen LogP contribution in [0.3, 0.4) is 0 Å². The first-order valence-electron chi connectivity index (χ1n) is 12.5. The van der Waals surface area contributed by atoms with Crippen molar-refractivity contribution in [2.75, 3.05) is 25.0 Å². The third-order valence-electron chi connectivity index (χ3n) is 6.27. The molecule has 1 aliphatic heterocycles. The lowest BCUT2D eigenvalue weighted by Gasteiger charge is -2.37. The molecule has 3 aromatic rings. The number of unbranched alkanes of at least 4 members (excludes halogenated alkanes) is 1. The Hall–Kier alpha value is -2.93. The molecular formula is C26H37N7. The van der Waals surface area contributed by atoms with Crippen molar-refractivity contribution in [2.45, 2.75) is 65.0 Å². The summed E-state index contributed by atoms with van der Waals surface area (Å²) in [7, 11) is 0. The molecule has 0 bridgehead atoms. The summed E-state index contributed by atoms with van der Waals surface area (Å²) < 4.78 is 0. The van der Waals surface area contributed by atoms with Crippen molar-refractivity contribution < 1.29 is 0 Å². The van der Waals surface area contributed by atoms with E-state index in [9.17, 15) is 0 Å². The smallest absolute Gasteiger partial charge is 0.200 e. The summed E-state index contributed by atoms with van der Waals surface area (Å²) in [6.07, 6.45) is 13.0. The third-order valence-corrected chi connectivity index (χ3v) is 6.27. The summed E-state index contributed by atoms with van der Waals surface area (Å²) in [5, 5.41) is 3.35. The van der Waals surface area contributed by atoms with Crippen LogP contribution in [-0.2, 0) is 6.54 Å². The molecule has 1 atom stereocenters. The van der Waals surface area contributed by atoms with Gasteiger partial charge in [-0.05, 0) is 62.8 Å². The number of aliphatic imine (C=N–C) groups is 1. The number of dihydropyridines is 1. The fourth-order valence-electron chi connectivity index (χ4n) is 4.78. The van der Waals surface area contributed by atoms with E-state index in [1.54, 1.807) is 6.20 Å². The van der Waals surface area contributed by atoms with Gasteiger partial charge in [-0.15, -0.1) is 0 Å². The predicted octanol–water partition coefficient (Wildman–Crippen LogP) is 5.33. The molecule has 0 spiro atoms. The largest absolute Gasteiger partial charge is 0.356 e. The van der Waals surface area contributed by atoms with Crippen LogP contribution in [0, 0.1) is 0 Å². The maximum absolute atomic E-state index is 4.97. The molecule has 3 N–H and O–H groups in total. The highest BCUT2D eigenvalue weighted by atomic mass is 15.2. The van der Waals surface area contributed by atoms with Gasteiger partial charge in [0.2, 0.25) is 0 Å². The molecule has 1 aliphatic carbocycles. The molecule has 176 valence electrons. The number of H-pyrrole nitrogens is 2. The lowest BCUT2D eigenvalue weighted by molar-refractivity contribution is 0.209. The van der Waals surface area contributed by atoms with Gasteiger partial charge in [0.25, 0.3) is 0 Å². The minimum Gasteiger partial charge on any atom is -0.356 e. The second-order valence-corrected chi connectivity index (χ2v) is 8.44. The fraction of sp³-hybridized carbons (Fsp3) is 0.500. The van der Waals surface area contributed by atoms with Crippen LogP contribution < -0.4 is 5.32 Å². The summed E-state index contributed by atoms with van der Waals surface area (Å²) in [6, 6.07) is 8.68. The molecule has 0 amide bonds. The first-order chi connectivity index (χ1) is 16.4. The number of imidazole rings is 2. The SMILES string of the molecule is C1=C2CCCC(N(CCCCNc3ncc[nH]3)Cc3nc4ccccc4[nH]3)C2=NCC1.CC. The highest BCUT2D eigenvalue weighted by Crippen LogP contribution is 2.29. The first kappa shape index (κ1) is 23.2. The Balaban J connectivity index is 0.00000126. The summed E-state index contributed by atoms with van der Waals surface area (Å²) in [5.41, 5.74) is 4.97. The lowest BCUT2D eigenvalue weighted by Crippen LogP contribution is -2.45. The average Bonchev–Trinajstić information content (AvgIpc) is 3.53. The number of hydrogen-bond acceptors (Lipinski definition) is 5. The number of nitrogens with one attached hydrogen (secondary N) is 3. The van der Waals surface area contributed by atoms with Gasteiger partial charge in [-0.25, -0.2) is 9.97 Å². The van der Waals surface area contributed by atoms with E-state index in [2.05, 4.69) is 49.4 Å². The van der Waals surface area contributed by atoms with Crippen molar-refractivity contribution in [3.8, 4) is 0 Å². The first-order valence-corrected chi connectivity index (χ1v) is 12.5. The molecule has 0 saturated heterocycles. The van der Waals surface area contributed by atoms with Crippen molar-refractivity contribution in [3.05, 3.63) is 54.1 Å². The van der Waals surface area contributed by atoms with Crippen LogP contribution in [0.25, 0.3) is 11.0 Å². The van der Waals surface area contributed by atoms with Crippen LogP contribution in [0.5, 0.6) is 0 Å². The minimum atomic E-state index is 0.395. The number of nitrogens with zero attached hydrogens (tertiary/aromatic N) is 4. The van der Waals surface area contributed by atoms with Gasteiger partial charge < -0.3 is 15.3 Å². The number of fused-ring (bicyclic) bond motifs is 2. The minimum absolute atomic E-state index is 0.395. The molecule has 7 heteroatoms. The van der Waals surface area contributed by atoms with Crippen molar-refractivity contribution in [2.24, 2.45) is 4.99 Å². The molecule has 3 heterocycles. The highest BCUT2D eigenvalue weighted by molar-refractivity contribution is 6.05. The Morgan fingerprint density at radius 2 is 2.09 bits per heavy atom. The normalized spacial score (nSPS) is 17.7. The van der Waals surface area contributed by atoms with E-state index in [1.807, 2.05) is 26.1 Å². The summed E-state index contributed by atoms with van der Waals surface area (Å²) in [6.45, 7) is 7.72. The van der Waals surface area contributed by atoms with Crippen LogP contribution in [0.1, 0.15) is 58.2 Å². The van der Waals surface area contributed by atoms with Crippen LogP contribution in [0.2, 0.25) is 0 Å². The van der Waals surface area contributed by atoms with E-state index in [4.69, 9.17) is 9.98 Å². The van der Waals surface area contributed by atoms with Crippen LogP contribution in [0.4, 0.5) is 5.95 Å². The van der Waals surface area contributed by atoms with Gasteiger partial charge in [0.15, 0.2) is 5.95 Å². The Morgan fingerprint density at radius 1 is 1.18 bits per heavy atom. The Labute approximate surface area is 196 Å². The van der Waals surface area contributed by atoms with Gasteiger partial charge in [0.05, 0.1) is 29.3 Å². The number of rotatable bonds is 9. The summed E-state index contributed by atoms with van der Waals surface area (Å²) >= 11 is 0. The molecule has 5 rings (SSSR count). The molecule has 1 saturated carbocycles. The molecule has 1 fully saturated rings. The van der Waals surface area contributed by atoms with Gasteiger partial charge in [-0.2, -0.15) is 0 Å².